The molecular weight excluding hydrogens is 508 g/mol. The number of hydrogen-bond acceptors (Lipinski definition) is 7. The zero-order chi connectivity index (χ0) is 29.0. The van der Waals surface area contributed by atoms with Crippen LogP contribution in [0.15, 0.2) is 23.3 Å². The number of ketones is 2. The molecular formula is C33H44O7. The van der Waals surface area contributed by atoms with Crippen molar-refractivity contribution in [2.75, 3.05) is 6.61 Å². The number of ether oxygens (including phenoxy) is 3. The van der Waals surface area contributed by atoms with Crippen molar-refractivity contribution in [1.82, 2.24) is 0 Å². The van der Waals surface area contributed by atoms with Crippen LogP contribution in [0.3, 0.4) is 0 Å². The maximum Gasteiger partial charge on any atom is 0.337 e. The molecule has 0 N–H and O–H groups in total. The topological polar surface area (TPSA) is 99.3 Å². The number of rotatable bonds is 4. The predicted octanol–water partition coefficient (Wildman–Crippen LogP) is 5.16. The summed E-state index contributed by atoms with van der Waals surface area (Å²) in [5.41, 5.74) is -0.855. The first kappa shape index (κ1) is 27.9. The molecule has 0 amide bonds. The van der Waals surface area contributed by atoms with Gasteiger partial charge in [-0.05, 0) is 114 Å². The van der Waals surface area contributed by atoms with Crippen LogP contribution in [0.25, 0.3) is 0 Å². The second kappa shape index (κ2) is 8.86. The molecule has 3 saturated carbocycles. The van der Waals surface area contributed by atoms with Crippen LogP contribution in [-0.2, 0) is 33.4 Å². The summed E-state index contributed by atoms with van der Waals surface area (Å²) in [6.07, 6.45) is 8.13. The lowest BCUT2D eigenvalue weighted by Gasteiger charge is -2.57. The van der Waals surface area contributed by atoms with Gasteiger partial charge < -0.3 is 14.2 Å². The lowest BCUT2D eigenvalue weighted by Crippen LogP contribution is -2.62. The first-order valence-corrected chi connectivity index (χ1v) is 15.2. The first-order valence-electron chi connectivity index (χ1n) is 15.2. The Balaban J connectivity index is 1.18. The molecule has 0 bridgehead atoms. The fourth-order valence-electron chi connectivity index (χ4n) is 9.85. The van der Waals surface area contributed by atoms with E-state index in [9.17, 15) is 19.2 Å². The predicted molar refractivity (Wildman–Crippen MR) is 147 cm³/mol. The van der Waals surface area contributed by atoms with Crippen molar-refractivity contribution in [1.29, 1.82) is 0 Å². The number of hydrogen-bond donors (Lipinski definition) is 0. The van der Waals surface area contributed by atoms with Gasteiger partial charge in [0, 0.05) is 6.42 Å². The number of carbonyl (C=O) groups excluding carboxylic acids is 4. The summed E-state index contributed by atoms with van der Waals surface area (Å²) in [6, 6.07) is 0. The second-order valence-electron chi connectivity index (χ2n) is 15.0. The van der Waals surface area contributed by atoms with Crippen molar-refractivity contribution in [3.63, 3.8) is 0 Å². The van der Waals surface area contributed by atoms with Crippen molar-refractivity contribution in [3.8, 4) is 0 Å². The molecule has 40 heavy (non-hydrogen) atoms. The summed E-state index contributed by atoms with van der Waals surface area (Å²) in [5, 5.41) is 0. The van der Waals surface area contributed by atoms with Gasteiger partial charge in [-0.1, -0.05) is 19.4 Å². The minimum Gasteiger partial charge on any atom is -0.460 e. The normalized spacial score (nSPS) is 44.7. The van der Waals surface area contributed by atoms with E-state index >= 15 is 0 Å². The Bertz CT molecular complexity index is 1240. The molecule has 2 aliphatic heterocycles. The Morgan fingerprint density at radius 2 is 1.77 bits per heavy atom. The fourth-order valence-corrected chi connectivity index (χ4v) is 9.85. The monoisotopic (exact) mass is 552 g/mol. The minimum absolute atomic E-state index is 0.0283. The Morgan fingerprint density at radius 3 is 2.45 bits per heavy atom. The fraction of sp³-hybridized carbons (Fsp3) is 0.758. The third-order valence-corrected chi connectivity index (χ3v) is 12.2. The highest BCUT2D eigenvalue weighted by atomic mass is 16.6. The quantitative estimate of drug-likeness (QED) is 0.351. The Morgan fingerprint density at radius 1 is 1.07 bits per heavy atom. The van der Waals surface area contributed by atoms with E-state index in [0.29, 0.717) is 29.7 Å². The van der Waals surface area contributed by atoms with Crippen LogP contribution in [0.5, 0.6) is 0 Å². The molecule has 1 spiro atoms. The van der Waals surface area contributed by atoms with Gasteiger partial charge in [-0.3, -0.25) is 14.4 Å². The van der Waals surface area contributed by atoms with Crippen LogP contribution in [-0.4, -0.2) is 47.9 Å². The number of carbonyl (C=O) groups is 4. The van der Waals surface area contributed by atoms with E-state index in [0.717, 1.165) is 37.7 Å². The summed E-state index contributed by atoms with van der Waals surface area (Å²) in [4.78, 5) is 51.7. The lowest BCUT2D eigenvalue weighted by molar-refractivity contribution is -0.157. The highest BCUT2D eigenvalue weighted by molar-refractivity contribution is 6.15. The van der Waals surface area contributed by atoms with Gasteiger partial charge in [-0.2, -0.15) is 0 Å². The van der Waals surface area contributed by atoms with E-state index in [2.05, 4.69) is 13.8 Å². The molecule has 4 aliphatic carbocycles. The summed E-state index contributed by atoms with van der Waals surface area (Å²) < 4.78 is 17.6. The molecule has 2 heterocycles. The maximum absolute atomic E-state index is 13.4. The van der Waals surface area contributed by atoms with Gasteiger partial charge in [-0.15, -0.1) is 0 Å². The van der Waals surface area contributed by atoms with Gasteiger partial charge in [0.1, 0.15) is 12.7 Å². The molecule has 4 fully saturated rings. The second-order valence-corrected chi connectivity index (χ2v) is 15.0. The average molecular weight is 553 g/mol. The van der Waals surface area contributed by atoms with E-state index in [1.807, 2.05) is 13.8 Å². The van der Waals surface area contributed by atoms with E-state index in [4.69, 9.17) is 14.2 Å². The van der Waals surface area contributed by atoms with Gasteiger partial charge in [0.05, 0.1) is 22.5 Å². The van der Waals surface area contributed by atoms with E-state index in [1.54, 1.807) is 20.8 Å². The number of epoxide rings is 1. The zero-order valence-corrected chi connectivity index (χ0v) is 25.0. The molecule has 7 nitrogen and oxygen atoms in total. The third-order valence-electron chi connectivity index (χ3n) is 12.2. The van der Waals surface area contributed by atoms with Gasteiger partial charge in [0.15, 0.2) is 17.2 Å². The lowest BCUT2D eigenvalue weighted by atomic mass is 9.44. The van der Waals surface area contributed by atoms with E-state index in [1.165, 1.54) is 12.2 Å². The smallest absolute Gasteiger partial charge is 0.337 e. The van der Waals surface area contributed by atoms with E-state index in [-0.39, 0.29) is 59.6 Å². The first-order chi connectivity index (χ1) is 18.7. The highest BCUT2D eigenvalue weighted by Gasteiger charge is 2.80. The Hall–Kier alpha value is -2.28. The number of fused-ring (bicyclic) bond motifs is 4. The van der Waals surface area contributed by atoms with Crippen molar-refractivity contribution < 1.29 is 33.4 Å². The average Bonchev–Trinajstić information content (AvgIpc) is 3.51. The maximum atomic E-state index is 13.4. The summed E-state index contributed by atoms with van der Waals surface area (Å²) in [6.45, 7) is 13.9. The highest BCUT2D eigenvalue weighted by Crippen LogP contribution is 2.72. The van der Waals surface area contributed by atoms with Crippen molar-refractivity contribution >= 4 is 23.5 Å². The molecule has 7 heteroatoms. The number of cyclic esters (lactones) is 1. The Kier molecular flexibility index (Phi) is 6.17. The van der Waals surface area contributed by atoms with Crippen LogP contribution < -0.4 is 0 Å². The molecule has 10 atom stereocenters. The van der Waals surface area contributed by atoms with Crippen LogP contribution in [0.2, 0.25) is 0 Å². The van der Waals surface area contributed by atoms with Crippen LogP contribution in [0.1, 0.15) is 87.0 Å². The molecule has 0 unspecified atom stereocenters. The zero-order valence-electron chi connectivity index (χ0n) is 25.0. The largest absolute Gasteiger partial charge is 0.460 e. The van der Waals surface area contributed by atoms with Crippen LogP contribution >= 0.6 is 0 Å². The molecule has 6 aliphatic rings. The summed E-state index contributed by atoms with van der Waals surface area (Å²) in [5.74, 6) is 0.845. The molecule has 6 rings (SSSR count). The standard InChI is InChI=1S/C33H44O7/c1-17-14-24(39-28(36)20(17)16-38-29(37)30(3,4)5)18(2)21-8-9-22-19-15-27-33(40-27)26(35)11-10-25(34)32(33,7)23(19)12-13-31(21,22)6/h10-11,18-19,21-24,27H,8-9,12-16H2,1-7H3/t18-,19-,21+,22-,23-,24+,27+,31+,32-,33+/m0/s1. The van der Waals surface area contributed by atoms with Crippen molar-refractivity contribution in [2.45, 2.75) is 105 Å². The molecule has 0 aromatic carbocycles. The van der Waals surface area contributed by atoms with Gasteiger partial charge in [0.25, 0.3) is 0 Å². The molecule has 218 valence electrons. The third kappa shape index (κ3) is 3.64. The van der Waals surface area contributed by atoms with E-state index < -0.39 is 16.4 Å². The number of esters is 2. The SMILES string of the molecule is CC1=C(COC(=O)C(C)(C)C)C(=O)O[C@@H]([C@@H](C)[C@H]2CC[C@H]3[C@@H]4C[C@H]5O[C@]56C(=O)C=CC(=O)[C@]6(C)[C@H]4CC[C@]23C)C1. The minimum atomic E-state index is -0.932. The van der Waals surface area contributed by atoms with Crippen molar-refractivity contribution in [3.05, 3.63) is 23.3 Å². The van der Waals surface area contributed by atoms with Gasteiger partial charge in [0.2, 0.25) is 0 Å². The van der Waals surface area contributed by atoms with Gasteiger partial charge >= 0.3 is 11.9 Å². The van der Waals surface area contributed by atoms with Crippen molar-refractivity contribution in [2.24, 2.45) is 45.8 Å². The van der Waals surface area contributed by atoms with Crippen LogP contribution in [0, 0.1) is 45.8 Å². The summed E-state index contributed by atoms with van der Waals surface area (Å²) in [7, 11) is 0. The Labute approximate surface area is 237 Å². The molecule has 1 saturated heterocycles. The molecule has 0 radical (unpaired) electrons. The molecule has 0 aromatic rings. The van der Waals surface area contributed by atoms with Gasteiger partial charge in [-0.25, -0.2) is 4.79 Å². The number of allylic oxidation sites excluding steroid dienone is 1. The summed E-state index contributed by atoms with van der Waals surface area (Å²) >= 11 is 0. The molecule has 0 aromatic heterocycles. The van der Waals surface area contributed by atoms with Crippen LogP contribution in [0.4, 0.5) is 0 Å².